The van der Waals surface area contributed by atoms with Crippen molar-refractivity contribution in [3.05, 3.63) is 24.3 Å². The van der Waals surface area contributed by atoms with Crippen molar-refractivity contribution < 1.29 is 0 Å². The maximum Gasteiger partial charge on any atom is 0.133 e. The second-order valence-electron chi connectivity index (χ2n) is 4.43. The number of nitrogens with zero attached hydrogens (tertiary/aromatic N) is 4. The van der Waals surface area contributed by atoms with Crippen LogP contribution < -0.4 is 5.32 Å². The number of hydrogen-bond donors (Lipinski definition) is 1. The van der Waals surface area contributed by atoms with Gasteiger partial charge in [-0.25, -0.2) is 9.97 Å². The van der Waals surface area contributed by atoms with Crippen LogP contribution in [-0.4, -0.2) is 26.3 Å². The molecule has 5 nitrogen and oxygen atoms in total. The minimum Gasteiger partial charge on any atom is -0.370 e. The molecule has 2 aromatic rings. The molecule has 102 valence electrons. The van der Waals surface area contributed by atoms with Crippen molar-refractivity contribution >= 4 is 5.82 Å². The molecule has 0 aliphatic rings. The van der Waals surface area contributed by atoms with E-state index in [0.29, 0.717) is 0 Å². The van der Waals surface area contributed by atoms with Gasteiger partial charge in [0.15, 0.2) is 0 Å². The summed E-state index contributed by atoms with van der Waals surface area (Å²) >= 11 is 0. The number of anilines is 1. The van der Waals surface area contributed by atoms with Crippen LogP contribution in [0.15, 0.2) is 18.7 Å². The minimum absolute atomic E-state index is 0.860. The first-order valence-electron chi connectivity index (χ1n) is 6.90. The summed E-state index contributed by atoms with van der Waals surface area (Å²) < 4.78 is 1.96. The minimum atomic E-state index is 0.860. The van der Waals surface area contributed by atoms with Gasteiger partial charge in [-0.2, -0.15) is 5.10 Å². The third-order valence-electron chi connectivity index (χ3n) is 3.00. The van der Waals surface area contributed by atoms with Crippen molar-refractivity contribution in [3.8, 4) is 11.3 Å². The monoisotopic (exact) mass is 259 g/mol. The SMILES string of the molecule is CCCn1cc(-c2ncnc(NCC)c2CC)cn1. The highest BCUT2D eigenvalue weighted by Crippen LogP contribution is 2.25. The van der Waals surface area contributed by atoms with Gasteiger partial charge in [0.1, 0.15) is 12.1 Å². The van der Waals surface area contributed by atoms with Crippen LogP contribution in [0.5, 0.6) is 0 Å². The summed E-state index contributed by atoms with van der Waals surface area (Å²) in [5, 5.41) is 7.66. The van der Waals surface area contributed by atoms with E-state index in [0.717, 1.165) is 48.6 Å². The van der Waals surface area contributed by atoms with Gasteiger partial charge < -0.3 is 5.32 Å². The molecule has 2 heterocycles. The molecular weight excluding hydrogens is 238 g/mol. The van der Waals surface area contributed by atoms with Crippen molar-refractivity contribution in [2.24, 2.45) is 0 Å². The summed E-state index contributed by atoms with van der Waals surface area (Å²) in [6.45, 7) is 8.14. The fourth-order valence-corrected chi connectivity index (χ4v) is 2.15. The molecule has 0 spiro atoms. The largest absolute Gasteiger partial charge is 0.370 e. The van der Waals surface area contributed by atoms with Gasteiger partial charge in [-0.15, -0.1) is 0 Å². The van der Waals surface area contributed by atoms with Crippen molar-refractivity contribution in [2.45, 2.75) is 40.2 Å². The first-order valence-corrected chi connectivity index (χ1v) is 6.90. The van der Waals surface area contributed by atoms with Crippen LogP contribution in [0, 0.1) is 0 Å². The molecule has 0 radical (unpaired) electrons. The normalized spacial score (nSPS) is 10.7. The second kappa shape index (κ2) is 6.31. The van der Waals surface area contributed by atoms with Gasteiger partial charge in [-0.3, -0.25) is 4.68 Å². The van der Waals surface area contributed by atoms with Crippen LogP contribution in [0.2, 0.25) is 0 Å². The Morgan fingerprint density at radius 3 is 2.74 bits per heavy atom. The molecule has 0 saturated heterocycles. The fourth-order valence-electron chi connectivity index (χ4n) is 2.15. The zero-order valence-electron chi connectivity index (χ0n) is 11.8. The van der Waals surface area contributed by atoms with Crippen LogP contribution >= 0.6 is 0 Å². The van der Waals surface area contributed by atoms with Gasteiger partial charge in [-0.05, 0) is 19.8 Å². The maximum atomic E-state index is 4.43. The van der Waals surface area contributed by atoms with Gasteiger partial charge in [0.2, 0.25) is 0 Å². The van der Waals surface area contributed by atoms with E-state index in [1.165, 1.54) is 0 Å². The molecule has 0 fully saturated rings. The third-order valence-corrected chi connectivity index (χ3v) is 3.00. The predicted molar refractivity (Wildman–Crippen MR) is 77.1 cm³/mol. The Kier molecular flexibility index (Phi) is 4.49. The van der Waals surface area contributed by atoms with Crippen LogP contribution in [0.3, 0.4) is 0 Å². The molecule has 19 heavy (non-hydrogen) atoms. The molecule has 0 aliphatic carbocycles. The van der Waals surface area contributed by atoms with E-state index < -0.39 is 0 Å². The Morgan fingerprint density at radius 1 is 1.21 bits per heavy atom. The Balaban J connectivity index is 2.39. The van der Waals surface area contributed by atoms with E-state index >= 15 is 0 Å². The summed E-state index contributed by atoms with van der Waals surface area (Å²) in [7, 11) is 0. The fraction of sp³-hybridized carbons (Fsp3) is 0.500. The topological polar surface area (TPSA) is 55.6 Å². The van der Waals surface area contributed by atoms with Gasteiger partial charge in [-0.1, -0.05) is 13.8 Å². The molecule has 0 unspecified atom stereocenters. The Bertz CT molecular complexity index is 532. The van der Waals surface area contributed by atoms with E-state index in [1.807, 2.05) is 10.9 Å². The number of nitrogens with one attached hydrogen (secondary N) is 1. The molecule has 0 bridgehead atoms. The molecule has 2 aromatic heterocycles. The van der Waals surface area contributed by atoms with Crippen molar-refractivity contribution in [1.29, 1.82) is 0 Å². The number of aromatic nitrogens is 4. The number of rotatable bonds is 6. The van der Waals surface area contributed by atoms with Crippen LogP contribution in [-0.2, 0) is 13.0 Å². The van der Waals surface area contributed by atoms with Gasteiger partial charge in [0.05, 0.1) is 11.9 Å². The van der Waals surface area contributed by atoms with Gasteiger partial charge >= 0.3 is 0 Å². The molecule has 0 atom stereocenters. The van der Waals surface area contributed by atoms with Crippen molar-refractivity contribution in [3.63, 3.8) is 0 Å². The van der Waals surface area contributed by atoms with E-state index in [1.54, 1.807) is 6.33 Å². The van der Waals surface area contributed by atoms with Crippen LogP contribution in [0.1, 0.15) is 32.8 Å². The predicted octanol–water partition coefficient (Wildman–Crippen LogP) is 2.74. The van der Waals surface area contributed by atoms with Crippen LogP contribution in [0.4, 0.5) is 5.82 Å². The molecule has 2 rings (SSSR count). The lowest BCUT2D eigenvalue weighted by Gasteiger charge is -2.10. The average Bonchev–Trinajstić information content (AvgIpc) is 2.88. The van der Waals surface area contributed by atoms with Crippen molar-refractivity contribution in [1.82, 2.24) is 19.7 Å². The highest BCUT2D eigenvalue weighted by molar-refractivity contribution is 5.67. The highest BCUT2D eigenvalue weighted by Gasteiger charge is 2.12. The maximum absolute atomic E-state index is 4.43. The zero-order valence-corrected chi connectivity index (χ0v) is 11.8. The number of hydrogen-bond acceptors (Lipinski definition) is 4. The average molecular weight is 259 g/mol. The molecule has 0 aromatic carbocycles. The smallest absolute Gasteiger partial charge is 0.133 e. The molecule has 0 amide bonds. The highest BCUT2D eigenvalue weighted by atomic mass is 15.3. The first-order chi connectivity index (χ1) is 9.30. The summed E-state index contributed by atoms with van der Waals surface area (Å²) in [5.74, 6) is 0.929. The summed E-state index contributed by atoms with van der Waals surface area (Å²) in [6.07, 6.45) is 7.53. The van der Waals surface area contributed by atoms with E-state index in [2.05, 4.69) is 47.4 Å². The Hall–Kier alpha value is -1.91. The lowest BCUT2D eigenvalue weighted by molar-refractivity contribution is 0.603. The summed E-state index contributed by atoms with van der Waals surface area (Å²) in [4.78, 5) is 8.75. The van der Waals surface area contributed by atoms with E-state index in [-0.39, 0.29) is 0 Å². The lowest BCUT2D eigenvalue weighted by Crippen LogP contribution is -2.05. The summed E-state index contributed by atoms with van der Waals surface area (Å²) in [6, 6.07) is 0. The lowest BCUT2D eigenvalue weighted by atomic mass is 10.1. The quantitative estimate of drug-likeness (QED) is 0.866. The van der Waals surface area contributed by atoms with Gasteiger partial charge in [0.25, 0.3) is 0 Å². The molecule has 5 heteroatoms. The third kappa shape index (κ3) is 2.92. The second-order valence-corrected chi connectivity index (χ2v) is 4.43. The molecule has 0 aliphatic heterocycles. The van der Waals surface area contributed by atoms with E-state index in [9.17, 15) is 0 Å². The zero-order chi connectivity index (χ0) is 13.7. The Labute approximate surface area is 114 Å². The van der Waals surface area contributed by atoms with Crippen LogP contribution in [0.25, 0.3) is 11.3 Å². The summed E-state index contributed by atoms with van der Waals surface area (Å²) in [5.41, 5.74) is 3.20. The standard InChI is InChI=1S/C14H21N5/c1-4-7-19-9-11(8-18-19)13-12(5-2)14(15-6-3)17-10-16-13/h8-10H,4-7H2,1-3H3,(H,15,16,17). The molecule has 0 saturated carbocycles. The first kappa shape index (κ1) is 13.5. The molecule has 1 N–H and O–H groups in total. The number of aryl methyl sites for hydroxylation is 1. The Morgan fingerprint density at radius 2 is 2.05 bits per heavy atom. The van der Waals surface area contributed by atoms with Crippen molar-refractivity contribution in [2.75, 3.05) is 11.9 Å². The molecular formula is C14H21N5. The van der Waals surface area contributed by atoms with Gasteiger partial charge in [0, 0.05) is 30.4 Å². The van der Waals surface area contributed by atoms with E-state index in [4.69, 9.17) is 0 Å².